The number of carbonyl (C=O) groups is 1. The molecule has 0 atom stereocenters. The Labute approximate surface area is 124 Å². The monoisotopic (exact) mass is 298 g/mol. The van der Waals surface area contributed by atoms with E-state index in [1.807, 2.05) is 20.8 Å². The molecule has 0 spiro atoms. The summed E-state index contributed by atoms with van der Waals surface area (Å²) in [5.41, 5.74) is 1.59. The molecule has 0 fully saturated rings. The van der Waals surface area contributed by atoms with Gasteiger partial charge in [0.05, 0.1) is 24.7 Å². The lowest BCUT2D eigenvalue weighted by Gasteiger charge is -2.14. The number of halogens is 1. The van der Waals surface area contributed by atoms with Crippen molar-refractivity contribution in [2.24, 2.45) is 0 Å². The van der Waals surface area contributed by atoms with Crippen molar-refractivity contribution in [3.05, 3.63) is 28.8 Å². The van der Waals surface area contributed by atoms with Crippen LogP contribution in [-0.2, 0) is 4.79 Å². The van der Waals surface area contributed by atoms with E-state index in [2.05, 4.69) is 0 Å². The summed E-state index contributed by atoms with van der Waals surface area (Å²) in [6, 6.07) is 3.48. The standard InChI is InChI=1S/C15H19ClO4/c1-4-19-13-9-14(20-5-2)12(16)8-11(13)10(3)6-7-15(17)18/h6,8-9H,4-5,7H2,1-3H3,(H,17,18)/b10-6+. The normalized spacial score (nSPS) is 11.3. The number of carboxylic acids is 1. The number of rotatable bonds is 7. The van der Waals surface area contributed by atoms with Crippen molar-refractivity contribution < 1.29 is 19.4 Å². The number of ether oxygens (including phenoxy) is 2. The van der Waals surface area contributed by atoms with Gasteiger partial charge in [-0.15, -0.1) is 0 Å². The summed E-state index contributed by atoms with van der Waals surface area (Å²) in [5, 5.41) is 9.21. The van der Waals surface area contributed by atoms with Gasteiger partial charge in [-0.3, -0.25) is 4.79 Å². The van der Waals surface area contributed by atoms with E-state index in [0.29, 0.717) is 29.7 Å². The van der Waals surface area contributed by atoms with Gasteiger partial charge in [-0.1, -0.05) is 17.7 Å². The second kappa shape index (κ2) is 7.80. The zero-order chi connectivity index (χ0) is 15.1. The van der Waals surface area contributed by atoms with E-state index in [9.17, 15) is 4.79 Å². The summed E-state index contributed by atoms with van der Waals surface area (Å²) < 4.78 is 11.0. The Morgan fingerprint density at radius 1 is 1.25 bits per heavy atom. The first kappa shape index (κ1) is 16.4. The minimum atomic E-state index is -0.876. The number of hydrogen-bond acceptors (Lipinski definition) is 3. The molecule has 0 aromatic heterocycles. The summed E-state index contributed by atoms with van der Waals surface area (Å²) in [5.74, 6) is 0.325. The van der Waals surface area contributed by atoms with Crippen LogP contribution >= 0.6 is 11.6 Å². The van der Waals surface area contributed by atoms with Crippen LogP contribution in [0.4, 0.5) is 0 Å². The molecule has 0 radical (unpaired) electrons. The predicted octanol–water partition coefficient (Wildman–Crippen LogP) is 4.02. The minimum Gasteiger partial charge on any atom is -0.493 e. The van der Waals surface area contributed by atoms with Crippen LogP contribution in [0.3, 0.4) is 0 Å². The minimum absolute atomic E-state index is 0.0395. The Morgan fingerprint density at radius 2 is 1.85 bits per heavy atom. The molecule has 20 heavy (non-hydrogen) atoms. The maximum absolute atomic E-state index is 10.6. The summed E-state index contributed by atoms with van der Waals surface area (Å²) >= 11 is 6.16. The fourth-order valence-electron chi connectivity index (χ4n) is 1.73. The smallest absolute Gasteiger partial charge is 0.307 e. The van der Waals surface area contributed by atoms with Crippen molar-refractivity contribution in [2.75, 3.05) is 13.2 Å². The first-order valence-corrected chi connectivity index (χ1v) is 6.85. The van der Waals surface area contributed by atoms with Crippen LogP contribution in [0.15, 0.2) is 18.2 Å². The van der Waals surface area contributed by atoms with Crippen LogP contribution in [0.25, 0.3) is 5.57 Å². The number of hydrogen-bond donors (Lipinski definition) is 1. The molecule has 0 aliphatic rings. The molecule has 0 aliphatic carbocycles. The lowest BCUT2D eigenvalue weighted by atomic mass is 10.0. The average Bonchev–Trinajstić information content (AvgIpc) is 2.40. The van der Waals surface area contributed by atoms with E-state index in [4.69, 9.17) is 26.2 Å². The number of allylic oxidation sites excluding steroid dienone is 1. The summed E-state index contributed by atoms with van der Waals surface area (Å²) in [6.45, 7) is 6.61. The Bertz CT molecular complexity index is 509. The number of aliphatic carboxylic acids is 1. The molecule has 0 aliphatic heterocycles. The zero-order valence-electron chi connectivity index (χ0n) is 11.9. The third-order valence-corrected chi connectivity index (χ3v) is 2.94. The molecule has 1 aromatic carbocycles. The molecular formula is C15H19ClO4. The molecule has 0 unspecified atom stereocenters. The van der Waals surface area contributed by atoms with Crippen LogP contribution in [0.5, 0.6) is 11.5 Å². The van der Waals surface area contributed by atoms with Gasteiger partial charge in [0.25, 0.3) is 0 Å². The molecule has 0 saturated heterocycles. The van der Waals surface area contributed by atoms with Crippen molar-refractivity contribution in [3.8, 4) is 11.5 Å². The average molecular weight is 299 g/mol. The van der Waals surface area contributed by atoms with Crippen LogP contribution in [0.1, 0.15) is 32.8 Å². The molecule has 4 nitrogen and oxygen atoms in total. The molecule has 110 valence electrons. The fraction of sp³-hybridized carbons (Fsp3) is 0.400. The van der Waals surface area contributed by atoms with E-state index >= 15 is 0 Å². The highest BCUT2D eigenvalue weighted by molar-refractivity contribution is 6.32. The topological polar surface area (TPSA) is 55.8 Å². The molecule has 5 heteroatoms. The molecule has 1 aromatic rings. The summed E-state index contributed by atoms with van der Waals surface area (Å²) in [7, 11) is 0. The Hall–Kier alpha value is -1.68. The maximum Gasteiger partial charge on any atom is 0.307 e. The predicted molar refractivity (Wildman–Crippen MR) is 79.7 cm³/mol. The van der Waals surface area contributed by atoms with Crippen molar-refractivity contribution >= 4 is 23.1 Å². The zero-order valence-corrected chi connectivity index (χ0v) is 12.7. The van der Waals surface area contributed by atoms with Crippen molar-refractivity contribution in [3.63, 3.8) is 0 Å². The van der Waals surface area contributed by atoms with E-state index in [1.165, 1.54) is 0 Å². The first-order chi connectivity index (χ1) is 9.49. The molecular weight excluding hydrogens is 280 g/mol. The van der Waals surface area contributed by atoms with Crippen molar-refractivity contribution in [2.45, 2.75) is 27.2 Å². The quantitative estimate of drug-likeness (QED) is 0.826. The van der Waals surface area contributed by atoms with Gasteiger partial charge in [0.2, 0.25) is 0 Å². The number of carboxylic acid groups (broad SMARTS) is 1. The Morgan fingerprint density at radius 3 is 2.40 bits per heavy atom. The summed E-state index contributed by atoms with van der Waals surface area (Å²) in [4.78, 5) is 10.6. The van der Waals surface area contributed by atoms with Gasteiger partial charge in [-0.05, 0) is 32.4 Å². The molecule has 1 rings (SSSR count). The molecule has 1 N–H and O–H groups in total. The van der Waals surface area contributed by atoms with Gasteiger partial charge in [-0.2, -0.15) is 0 Å². The van der Waals surface area contributed by atoms with Gasteiger partial charge in [0, 0.05) is 11.6 Å². The van der Waals surface area contributed by atoms with Gasteiger partial charge in [-0.25, -0.2) is 0 Å². The summed E-state index contributed by atoms with van der Waals surface area (Å²) in [6.07, 6.45) is 1.60. The highest BCUT2D eigenvalue weighted by atomic mass is 35.5. The van der Waals surface area contributed by atoms with Crippen LogP contribution < -0.4 is 9.47 Å². The van der Waals surface area contributed by atoms with Crippen molar-refractivity contribution in [1.29, 1.82) is 0 Å². The van der Waals surface area contributed by atoms with Crippen LogP contribution in [0.2, 0.25) is 5.02 Å². The second-order valence-electron chi connectivity index (χ2n) is 4.13. The molecule has 0 saturated carbocycles. The van der Waals surface area contributed by atoms with Gasteiger partial charge < -0.3 is 14.6 Å². The van der Waals surface area contributed by atoms with Crippen LogP contribution in [-0.4, -0.2) is 24.3 Å². The van der Waals surface area contributed by atoms with Crippen LogP contribution in [0, 0.1) is 0 Å². The van der Waals surface area contributed by atoms with Gasteiger partial charge >= 0.3 is 5.97 Å². The molecule has 0 amide bonds. The third kappa shape index (κ3) is 4.46. The second-order valence-corrected chi connectivity index (χ2v) is 4.54. The third-order valence-electron chi connectivity index (χ3n) is 2.64. The van der Waals surface area contributed by atoms with Crippen molar-refractivity contribution in [1.82, 2.24) is 0 Å². The first-order valence-electron chi connectivity index (χ1n) is 6.47. The lowest BCUT2D eigenvalue weighted by Crippen LogP contribution is -1.99. The Balaban J connectivity index is 3.19. The molecule has 0 heterocycles. The van der Waals surface area contributed by atoms with Gasteiger partial charge in [0.1, 0.15) is 11.5 Å². The van der Waals surface area contributed by atoms with E-state index < -0.39 is 5.97 Å². The lowest BCUT2D eigenvalue weighted by molar-refractivity contribution is -0.135. The molecule has 0 bridgehead atoms. The SMILES string of the molecule is CCOc1cc(OCC)c(/C(C)=C/CC(=O)O)cc1Cl. The van der Waals surface area contributed by atoms with Gasteiger partial charge in [0.15, 0.2) is 0 Å². The maximum atomic E-state index is 10.6. The van der Waals surface area contributed by atoms with E-state index in [-0.39, 0.29) is 6.42 Å². The highest BCUT2D eigenvalue weighted by Crippen LogP contribution is 2.36. The van der Waals surface area contributed by atoms with E-state index in [0.717, 1.165) is 11.1 Å². The largest absolute Gasteiger partial charge is 0.493 e. The Kier molecular flexibility index (Phi) is 6.39. The fourth-order valence-corrected chi connectivity index (χ4v) is 1.95. The highest BCUT2D eigenvalue weighted by Gasteiger charge is 2.12. The van der Waals surface area contributed by atoms with E-state index in [1.54, 1.807) is 18.2 Å². The number of benzene rings is 1.